The standard InChI is InChI=1S/C11H15BrClN3O/c1-3-4-11(2,14)10(17)16-8-5-7(12)6-15-9(8)13/h5-6H,3-4,14H2,1-2H3,(H,16,17). The molecule has 0 aliphatic rings. The first-order valence-electron chi connectivity index (χ1n) is 5.28. The van der Waals surface area contributed by atoms with Crippen LogP contribution in [-0.2, 0) is 4.79 Å². The van der Waals surface area contributed by atoms with Crippen molar-refractivity contribution < 1.29 is 4.79 Å². The number of carbonyl (C=O) groups is 1. The van der Waals surface area contributed by atoms with Crippen LogP contribution in [0.5, 0.6) is 0 Å². The van der Waals surface area contributed by atoms with Crippen LogP contribution in [0.15, 0.2) is 16.7 Å². The number of hydrogen-bond acceptors (Lipinski definition) is 3. The molecule has 1 aromatic heterocycles. The van der Waals surface area contributed by atoms with Crippen molar-refractivity contribution in [3.63, 3.8) is 0 Å². The molecule has 0 saturated heterocycles. The number of nitrogens with two attached hydrogens (primary N) is 1. The van der Waals surface area contributed by atoms with Crippen LogP contribution in [0.2, 0.25) is 5.15 Å². The highest BCUT2D eigenvalue weighted by Crippen LogP contribution is 2.24. The van der Waals surface area contributed by atoms with Gasteiger partial charge in [0.15, 0.2) is 5.15 Å². The summed E-state index contributed by atoms with van der Waals surface area (Å²) in [4.78, 5) is 15.9. The fourth-order valence-electron chi connectivity index (χ4n) is 1.41. The first-order valence-corrected chi connectivity index (χ1v) is 6.45. The maximum absolute atomic E-state index is 11.9. The average molecular weight is 321 g/mol. The van der Waals surface area contributed by atoms with Crippen LogP contribution in [0.3, 0.4) is 0 Å². The van der Waals surface area contributed by atoms with Crippen LogP contribution in [-0.4, -0.2) is 16.4 Å². The highest BCUT2D eigenvalue weighted by molar-refractivity contribution is 9.10. The van der Waals surface area contributed by atoms with Crippen LogP contribution in [0.4, 0.5) is 5.69 Å². The number of amides is 1. The molecule has 0 radical (unpaired) electrons. The zero-order valence-electron chi connectivity index (χ0n) is 9.76. The normalized spacial score (nSPS) is 14.2. The third-order valence-electron chi connectivity index (χ3n) is 2.34. The minimum Gasteiger partial charge on any atom is -0.322 e. The summed E-state index contributed by atoms with van der Waals surface area (Å²) < 4.78 is 0.742. The molecule has 1 unspecified atom stereocenters. The molecule has 1 aromatic rings. The maximum atomic E-state index is 11.9. The number of aromatic nitrogens is 1. The second kappa shape index (κ2) is 5.80. The first-order chi connectivity index (χ1) is 7.86. The smallest absolute Gasteiger partial charge is 0.244 e. The molecule has 1 heterocycles. The molecule has 94 valence electrons. The fraction of sp³-hybridized carbons (Fsp3) is 0.455. The predicted octanol–water partition coefficient (Wildman–Crippen LogP) is 2.95. The summed E-state index contributed by atoms with van der Waals surface area (Å²) in [5.41, 5.74) is 5.47. The first kappa shape index (κ1) is 14.4. The minimum atomic E-state index is -0.902. The number of anilines is 1. The van der Waals surface area contributed by atoms with E-state index < -0.39 is 5.54 Å². The van der Waals surface area contributed by atoms with Gasteiger partial charge in [0.05, 0.1) is 11.2 Å². The van der Waals surface area contributed by atoms with Gasteiger partial charge in [0.2, 0.25) is 5.91 Å². The summed E-state index contributed by atoms with van der Waals surface area (Å²) in [6.07, 6.45) is 3.01. The molecule has 0 aliphatic heterocycles. The number of halogens is 2. The number of carbonyl (C=O) groups excluding carboxylic acids is 1. The Bertz CT molecular complexity index is 423. The van der Waals surface area contributed by atoms with Crippen molar-refractivity contribution in [1.82, 2.24) is 4.98 Å². The van der Waals surface area contributed by atoms with E-state index >= 15 is 0 Å². The molecule has 4 nitrogen and oxygen atoms in total. The molecule has 3 N–H and O–H groups in total. The van der Waals surface area contributed by atoms with Crippen molar-refractivity contribution in [3.05, 3.63) is 21.9 Å². The van der Waals surface area contributed by atoms with Crippen molar-refractivity contribution in [3.8, 4) is 0 Å². The lowest BCUT2D eigenvalue weighted by Gasteiger charge is -2.23. The van der Waals surface area contributed by atoms with E-state index in [0.29, 0.717) is 12.1 Å². The monoisotopic (exact) mass is 319 g/mol. The van der Waals surface area contributed by atoms with Crippen molar-refractivity contribution in [1.29, 1.82) is 0 Å². The Morgan fingerprint density at radius 1 is 1.71 bits per heavy atom. The minimum absolute atomic E-state index is 0.244. The molecule has 0 aromatic carbocycles. The highest BCUT2D eigenvalue weighted by Gasteiger charge is 2.27. The van der Waals surface area contributed by atoms with E-state index in [2.05, 4.69) is 26.2 Å². The molecule has 6 heteroatoms. The van der Waals surface area contributed by atoms with E-state index in [1.807, 2.05) is 6.92 Å². The summed E-state index contributed by atoms with van der Waals surface area (Å²) in [5.74, 6) is -0.263. The number of hydrogen-bond donors (Lipinski definition) is 2. The van der Waals surface area contributed by atoms with Gasteiger partial charge in [-0.15, -0.1) is 0 Å². The van der Waals surface area contributed by atoms with Gasteiger partial charge in [-0.3, -0.25) is 4.79 Å². The Labute approximate surface area is 114 Å². The second-order valence-electron chi connectivity index (χ2n) is 4.11. The summed E-state index contributed by atoms with van der Waals surface area (Å²) >= 11 is 9.14. The molecule has 1 amide bonds. The van der Waals surface area contributed by atoms with E-state index in [4.69, 9.17) is 17.3 Å². The Morgan fingerprint density at radius 2 is 2.35 bits per heavy atom. The highest BCUT2D eigenvalue weighted by atomic mass is 79.9. The number of rotatable bonds is 4. The quantitative estimate of drug-likeness (QED) is 0.838. The third-order valence-corrected chi connectivity index (χ3v) is 3.08. The van der Waals surface area contributed by atoms with Crippen molar-refractivity contribution in [2.45, 2.75) is 32.2 Å². The van der Waals surface area contributed by atoms with Crippen LogP contribution in [0, 0.1) is 0 Å². The molecule has 17 heavy (non-hydrogen) atoms. The predicted molar refractivity (Wildman–Crippen MR) is 73.1 cm³/mol. The van der Waals surface area contributed by atoms with E-state index in [1.165, 1.54) is 0 Å². The van der Waals surface area contributed by atoms with Crippen molar-refractivity contribution >= 4 is 39.1 Å². The summed E-state index contributed by atoms with van der Waals surface area (Å²) in [7, 11) is 0. The zero-order chi connectivity index (χ0) is 13.1. The van der Waals surface area contributed by atoms with Gasteiger partial charge in [-0.1, -0.05) is 24.9 Å². The number of nitrogens with zero attached hydrogens (tertiary/aromatic N) is 1. The Hall–Kier alpha value is -0.650. The van der Waals surface area contributed by atoms with Gasteiger partial charge in [-0.25, -0.2) is 4.98 Å². The van der Waals surface area contributed by atoms with Crippen molar-refractivity contribution in [2.75, 3.05) is 5.32 Å². The van der Waals surface area contributed by atoms with E-state index in [0.717, 1.165) is 10.9 Å². The molecule has 0 spiro atoms. The van der Waals surface area contributed by atoms with E-state index in [1.54, 1.807) is 19.2 Å². The Morgan fingerprint density at radius 3 is 2.94 bits per heavy atom. The van der Waals surface area contributed by atoms with Crippen molar-refractivity contribution in [2.24, 2.45) is 5.73 Å². The molecular formula is C11H15BrClN3O. The third kappa shape index (κ3) is 3.94. The van der Waals surface area contributed by atoms with Gasteiger partial charge in [-0.05, 0) is 35.3 Å². The van der Waals surface area contributed by atoms with E-state index in [9.17, 15) is 4.79 Å². The van der Waals surface area contributed by atoms with Crippen LogP contribution >= 0.6 is 27.5 Å². The summed E-state index contributed by atoms with van der Waals surface area (Å²) in [6.45, 7) is 3.68. The van der Waals surface area contributed by atoms with E-state index in [-0.39, 0.29) is 11.1 Å². The Kier molecular flexibility index (Phi) is 4.91. The lowest BCUT2D eigenvalue weighted by Crippen LogP contribution is -2.48. The molecule has 0 fully saturated rings. The Balaban J connectivity index is 2.84. The van der Waals surface area contributed by atoms with Gasteiger partial charge in [0, 0.05) is 10.7 Å². The summed E-state index contributed by atoms with van der Waals surface area (Å²) in [6, 6.07) is 1.69. The fourth-order valence-corrected chi connectivity index (χ4v) is 1.89. The maximum Gasteiger partial charge on any atom is 0.244 e. The zero-order valence-corrected chi connectivity index (χ0v) is 12.1. The van der Waals surface area contributed by atoms with Crippen LogP contribution in [0.25, 0.3) is 0 Å². The SMILES string of the molecule is CCCC(C)(N)C(=O)Nc1cc(Br)cnc1Cl. The number of pyridine rings is 1. The molecule has 1 rings (SSSR count). The molecule has 1 atom stereocenters. The molecule has 0 aliphatic carbocycles. The summed E-state index contributed by atoms with van der Waals surface area (Å²) in [5, 5.41) is 2.93. The lowest BCUT2D eigenvalue weighted by molar-refractivity contribution is -0.120. The number of nitrogens with one attached hydrogen (secondary N) is 1. The molecule has 0 saturated carbocycles. The van der Waals surface area contributed by atoms with Crippen LogP contribution < -0.4 is 11.1 Å². The van der Waals surface area contributed by atoms with Gasteiger partial charge in [-0.2, -0.15) is 0 Å². The average Bonchev–Trinajstić information content (AvgIpc) is 2.23. The lowest BCUT2D eigenvalue weighted by atomic mass is 9.96. The second-order valence-corrected chi connectivity index (χ2v) is 5.39. The molecule has 0 bridgehead atoms. The van der Waals surface area contributed by atoms with Gasteiger partial charge in [0.25, 0.3) is 0 Å². The topological polar surface area (TPSA) is 68.0 Å². The largest absolute Gasteiger partial charge is 0.322 e. The van der Waals surface area contributed by atoms with Crippen LogP contribution in [0.1, 0.15) is 26.7 Å². The van der Waals surface area contributed by atoms with Gasteiger partial charge < -0.3 is 11.1 Å². The van der Waals surface area contributed by atoms with Gasteiger partial charge >= 0.3 is 0 Å². The van der Waals surface area contributed by atoms with Gasteiger partial charge in [0.1, 0.15) is 0 Å². The molecular weight excluding hydrogens is 305 g/mol.